The maximum Gasteiger partial charge on any atom is 0.410 e. The average molecular weight is 321 g/mol. The lowest BCUT2D eigenvalue weighted by molar-refractivity contribution is -0.142. The Balaban J connectivity index is 2.00. The van der Waals surface area contributed by atoms with Crippen molar-refractivity contribution >= 4 is 12.1 Å². The molecule has 0 atom stereocenters. The van der Waals surface area contributed by atoms with Crippen LogP contribution in [0.3, 0.4) is 0 Å². The molecule has 6 heteroatoms. The Labute approximate surface area is 136 Å². The van der Waals surface area contributed by atoms with Crippen LogP contribution >= 0.6 is 0 Å². The fourth-order valence-corrected chi connectivity index (χ4v) is 2.30. The van der Waals surface area contributed by atoms with Gasteiger partial charge in [-0.2, -0.15) is 0 Å². The van der Waals surface area contributed by atoms with Crippen LogP contribution in [0.2, 0.25) is 0 Å². The standard InChI is InChI=1S/C17H23NO5/c1-17(2,3)23-16(20)18-8-7-12-9-14(6-5-13(12)10-18)22-11-15(19)21-4/h5-6,9H,7-8,10-11H2,1-4H3. The lowest BCUT2D eigenvalue weighted by Crippen LogP contribution is -2.39. The molecule has 1 aromatic rings. The summed E-state index contributed by atoms with van der Waals surface area (Å²) in [5, 5.41) is 0. The summed E-state index contributed by atoms with van der Waals surface area (Å²) in [6.45, 7) is 6.57. The number of fused-ring (bicyclic) bond motifs is 1. The molecular formula is C17H23NO5. The molecule has 0 saturated heterocycles. The van der Waals surface area contributed by atoms with E-state index >= 15 is 0 Å². The van der Waals surface area contributed by atoms with E-state index in [1.807, 2.05) is 32.9 Å². The van der Waals surface area contributed by atoms with Gasteiger partial charge in [-0.3, -0.25) is 0 Å². The minimum Gasteiger partial charge on any atom is -0.482 e. The number of carbonyl (C=O) groups is 2. The van der Waals surface area contributed by atoms with Gasteiger partial charge in [0.15, 0.2) is 6.61 Å². The zero-order valence-electron chi connectivity index (χ0n) is 14.0. The second kappa shape index (κ2) is 6.89. The summed E-state index contributed by atoms with van der Waals surface area (Å²) in [6.07, 6.45) is 0.429. The van der Waals surface area contributed by atoms with Crippen molar-refractivity contribution in [1.29, 1.82) is 0 Å². The van der Waals surface area contributed by atoms with Crippen molar-refractivity contribution in [1.82, 2.24) is 4.90 Å². The summed E-state index contributed by atoms with van der Waals surface area (Å²) in [5.41, 5.74) is 1.68. The zero-order chi connectivity index (χ0) is 17.0. The van der Waals surface area contributed by atoms with Crippen molar-refractivity contribution in [3.63, 3.8) is 0 Å². The average Bonchev–Trinajstić information content (AvgIpc) is 2.50. The van der Waals surface area contributed by atoms with E-state index in [-0.39, 0.29) is 12.7 Å². The molecule has 0 fully saturated rings. The first-order valence-electron chi connectivity index (χ1n) is 7.58. The number of rotatable bonds is 3. The number of amides is 1. The van der Waals surface area contributed by atoms with Crippen molar-refractivity contribution in [3.8, 4) is 5.75 Å². The summed E-state index contributed by atoms with van der Waals surface area (Å²) in [7, 11) is 1.32. The van der Waals surface area contributed by atoms with Gasteiger partial charge in [0.05, 0.1) is 7.11 Å². The van der Waals surface area contributed by atoms with E-state index in [1.165, 1.54) is 7.11 Å². The molecule has 0 spiro atoms. The molecule has 0 unspecified atom stereocenters. The normalized spacial score (nSPS) is 14.0. The Kier molecular flexibility index (Phi) is 5.13. The topological polar surface area (TPSA) is 65.1 Å². The van der Waals surface area contributed by atoms with Crippen molar-refractivity contribution in [2.24, 2.45) is 0 Å². The predicted molar refractivity (Wildman–Crippen MR) is 84.3 cm³/mol. The Hall–Kier alpha value is -2.24. The number of hydrogen-bond acceptors (Lipinski definition) is 5. The minimum absolute atomic E-state index is 0.112. The molecule has 23 heavy (non-hydrogen) atoms. The smallest absolute Gasteiger partial charge is 0.410 e. The van der Waals surface area contributed by atoms with Gasteiger partial charge in [0, 0.05) is 13.1 Å². The van der Waals surface area contributed by atoms with Crippen molar-refractivity contribution in [2.45, 2.75) is 39.3 Å². The van der Waals surface area contributed by atoms with E-state index in [0.717, 1.165) is 17.5 Å². The Morgan fingerprint density at radius 1 is 1.22 bits per heavy atom. The second-order valence-corrected chi connectivity index (χ2v) is 6.45. The fourth-order valence-electron chi connectivity index (χ4n) is 2.30. The third-order valence-corrected chi connectivity index (χ3v) is 3.43. The van der Waals surface area contributed by atoms with Crippen LogP contribution in [0.25, 0.3) is 0 Å². The molecule has 1 aromatic carbocycles. The van der Waals surface area contributed by atoms with E-state index < -0.39 is 11.6 Å². The molecular weight excluding hydrogens is 298 g/mol. The van der Waals surface area contributed by atoms with E-state index in [2.05, 4.69) is 4.74 Å². The van der Waals surface area contributed by atoms with Gasteiger partial charge in [-0.25, -0.2) is 9.59 Å². The van der Waals surface area contributed by atoms with Gasteiger partial charge < -0.3 is 19.1 Å². The fraction of sp³-hybridized carbons (Fsp3) is 0.529. The molecule has 2 rings (SSSR count). The summed E-state index contributed by atoms with van der Waals surface area (Å²) in [4.78, 5) is 24.9. The molecule has 6 nitrogen and oxygen atoms in total. The van der Waals surface area contributed by atoms with Gasteiger partial charge in [-0.05, 0) is 50.5 Å². The van der Waals surface area contributed by atoms with Crippen LogP contribution in [0, 0.1) is 0 Å². The summed E-state index contributed by atoms with van der Waals surface area (Å²) in [5.74, 6) is 0.207. The third-order valence-electron chi connectivity index (χ3n) is 3.43. The first-order chi connectivity index (χ1) is 10.8. The number of hydrogen-bond donors (Lipinski definition) is 0. The van der Waals surface area contributed by atoms with Crippen LogP contribution in [0.5, 0.6) is 5.75 Å². The number of esters is 1. The lowest BCUT2D eigenvalue weighted by atomic mass is 10.00. The number of carbonyl (C=O) groups excluding carboxylic acids is 2. The first-order valence-corrected chi connectivity index (χ1v) is 7.58. The van der Waals surface area contributed by atoms with Gasteiger partial charge >= 0.3 is 12.1 Å². The van der Waals surface area contributed by atoms with Crippen molar-refractivity contribution in [2.75, 3.05) is 20.3 Å². The van der Waals surface area contributed by atoms with Gasteiger partial charge in [0.25, 0.3) is 0 Å². The highest BCUT2D eigenvalue weighted by Gasteiger charge is 2.25. The van der Waals surface area contributed by atoms with Crippen LogP contribution in [-0.2, 0) is 27.2 Å². The molecule has 1 heterocycles. The number of ether oxygens (including phenoxy) is 3. The van der Waals surface area contributed by atoms with Gasteiger partial charge in [0.1, 0.15) is 11.4 Å². The minimum atomic E-state index is -0.497. The Morgan fingerprint density at radius 2 is 1.96 bits per heavy atom. The lowest BCUT2D eigenvalue weighted by Gasteiger charge is -2.31. The highest BCUT2D eigenvalue weighted by atomic mass is 16.6. The summed E-state index contributed by atoms with van der Waals surface area (Å²) >= 11 is 0. The number of methoxy groups -OCH3 is 1. The van der Waals surface area contributed by atoms with Gasteiger partial charge in [0.2, 0.25) is 0 Å². The van der Waals surface area contributed by atoms with Crippen molar-refractivity contribution < 1.29 is 23.8 Å². The van der Waals surface area contributed by atoms with Crippen LogP contribution in [0.15, 0.2) is 18.2 Å². The quantitative estimate of drug-likeness (QED) is 0.801. The maximum absolute atomic E-state index is 12.1. The zero-order valence-corrected chi connectivity index (χ0v) is 14.0. The summed E-state index contributed by atoms with van der Waals surface area (Å²) < 4.78 is 15.3. The molecule has 0 radical (unpaired) electrons. The first kappa shape index (κ1) is 17.1. The van der Waals surface area contributed by atoms with Gasteiger partial charge in [-0.1, -0.05) is 6.07 Å². The van der Waals surface area contributed by atoms with Crippen LogP contribution < -0.4 is 4.74 Å². The van der Waals surface area contributed by atoms with E-state index in [0.29, 0.717) is 18.8 Å². The highest BCUT2D eigenvalue weighted by molar-refractivity contribution is 5.71. The highest BCUT2D eigenvalue weighted by Crippen LogP contribution is 2.25. The number of benzene rings is 1. The largest absolute Gasteiger partial charge is 0.482 e. The molecule has 0 N–H and O–H groups in total. The van der Waals surface area contributed by atoms with Crippen LogP contribution in [0.1, 0.15) is 31.9 Å². The van der Waals surface area contributed by atoms with Crippen LogP contribution in [0.4, 0.5) is 4.79 Å². The third kappa shape index (κ3) is 4.87. The molecule has 0 bridgehead atoms. The monoisotopic (exact) mass is 321 g/mol. The predicted octanol–water partition coefficient (Wildman–Crippen LogP) is 2.53. The summed E-state index contributed by atoms with van der Waals surface area (Å²) in [6, 6.07) is 5.61. The van der Waals surface area contributed by atoms with E-state index in [1.54, 1.807) is 11.0 Å². The van der Waals surface area contributed by atoms with Gasteiger partial charge in [-0.15, -0.1) is 0 Å². The molecule has 1 amide bonds. The van der Waals surface area contributed by atoms with Crippen molar-refractivity contribution in [3.05, 3.63) is 29.3 Å². The molecule has 126 valence electrons. The molecule has 0 aromatic heterocycles. The molecule has 0 saturated carbocycles. The molecule has 1 aliphatic heterocycles. The maximum atomic E-state index is 12.1. The van der Waals surface area contributed by atoms with Crippen LogP contribution in [-0.4, -0.2) is 42.8 Å². The van der Waals surface area contributed by atoms with E-state index in [4.69, 9.17) is 9.47 Å². The second-order valence-electron chi connectivity index (χ2n) is 6.45. The Morgan fingerprint density at radius 3 is 2.61 bits per heavy atom. The molecule has 0 aliphatic carbocycles. The Bertz CT molecular complexity index is 591. The van der Waals surface area contributed by atoms with E-state index in [9.17, 15) is 9.59 Å². The molecule has 1 aliphatic rings. The SMILES string of the molecule is COC(=O)COc1ccc2c(c1)CCN(C(=O)OC(C)(C)C)C2. The number of nitrogens with zero attached hydrogens (tertiary/aromatic N) is 1.